The van der Waals surface area contributed by atoms with Crippen molar-refractivity contribution in [3.8, 4) is 0 Å². The number of aliphatic hydroxyl groups is 11. The number of rotatable bonds is 11. The quantitative estimate of drug-likeness (QED) is 0.0938. The molecule has 4 rings (SSSR count). The fraction of sp³-hybridized carbons (Fsp3) is 0.929. The second kappa shape index (κ2) is 17.4. The number of carbonyl (C=O) groups is 2. The zero-order valence-corrected chi connectivity index (χ0v) is 27.3. The van der Waals surface area contributed by atoms with Crippen molar-refractivity contribution in [3.63, 3.8) is 0 Å². The van der Waals surface area contributed by atoms with Gasteiger partial charge in [0, 0.05) is 13.8 Å². The summed E-state index contributed by atoms with van der Waals surface area (Å²) in [5.41, 5.74) is 0. The molecule has 20 atom stereocenters. The van der Waals surface area contributed by atoms with E-state index in [1.807, 2.05) is 0 Å². The molecule has 0 aromatic carbocycles. The first-order valence-electron chi connectivity index (χ1n) is 15.9. The van der Waals surface area contributed by atoms with Gasteiger partial charge in [0.25, 0.3) is 0 Å². The van der Waals surface area contributed by atoms with Gasteiger partial charge < -0.3 is 100.0 Å². The molecule has 0 aromatic rings. The van der Waals surface area contributed by atoms with Crippen LogP contribution in [0.2, 0.25) is 0 Å². The summed E-state index contributed by atoms with van der Waals surface area (Å²) in [6.45, 7) is 0.987. The predicted octanol–water partition coefficient (Wildman–Crippen LogP) is -8.43. The minimum atomic E-state index is -1.93. The van der Waals surface area contributed by atoms with E-state index in [0.29, 0.717) is 0 Å². The molecule has 0 bridgehead atoms. The summed E-state index contributed by atoms with van der Waals surface area (Å²) in [6.07, 6.45) is -30.2. The van der Waals surface area contributed by atoms with Crippen LogP contribution >= 0.6 is 0 Å². The summed E-state index contributed by atoms with van der Waals surface area (Å²) in [7, 11) is 0. The second-order valence-corrected chi connectivity index (χ2v) is 12.6. The summed E-state index contributed by atoms with van der Waals surface area (Å²) in [4.78, 5) is 24.2. The number of ether oxygens (including phenoxy) is 7. The van der Waals surface area contributed by atoms with Crippen LogP contribution in [0.1, 0.15) is 20.8 Å². The molecule has 0 spiro atoms. The fourth-order valence-electron chi connectivity index (χ4n) is 6.28. The maximum Gasteiger partial charge on any atom is 0.217 e. The van der Waals surface area contributed by atoms with Crippen LogP contribution in [0.3, 0.4) is 0 Å². The van der Waals surface area contributed by atoms with E-state index in [2.05, 4.69) is 10.6 Å². The van der Waals surface area contributed by atoms with E-state index in [1.165, 1.54) is 6.92 Å². The largest absolute Gasteiger partial charge is 0.394 e. The number of hydrogen-bond donors (Lipinski definition) is 13. The molecule has 2 amide bonds. The monoisotopic (exact) mass is 732 g/mol. The molecule has 0 aromatic heterocycles. The van der Waals surface area contributed by atoms with Crippen molar-refractivity contribution in [2.24, 2.45) is 0 Å². The minimum Gasteiger partial charge on any atom is -0.394 e. The van der Waals surface area contributed by atoms with E-state index in [-0.39, 0.29) is 0 Å². The van der Waals surface area contributed by atoms with E-state index in [4.69, 9.17) is 33.2 Å². The third-order valence-corrected chi connectivity index (χ3v) is 8.97. The van der Waals surface area contributed by atoms with Gasteiger partial charge in [-0.1, -0.05) is 0 Å². The van der Waals surface area contributed by atoms with Crippen LogP contribution < -0.4 is 10.6 Å². The molecule has 0 aliphatic carbocycles. The molecule has 4 aliphatic rings. The smallest absolute Gasteiger partial charge is 0.217 e. The topological polar surface area (TPSA) is 345 Å². The van der Waals surface area contributed by atoms with Crippen LogP contribution in [-0.4, -0.2) is 211 Å². The minimum absolute atomic E-state index is 0.672. The molecule has 0 saturated carbocycles. The van der Waals surface area contributed by atoms with E-state index in [1.54, 1.807) is 0 Å². The summed E-state index contributed by atoms with van der Waals surface area (Å²) < 4.78 is 39.6. The Labute approximate surface area is 285 Å². The maximum absolute atomic E-state index is 12.3. The second-order valence-electron chi connectivity index (χ2n) is 12.6. The first-order valence-corrected chi connectivity index (χ1v) is 15.9. The standard InChI is InChI=1S/C28H48N2O20/c1-7-15(36)19(40)21(42)27(44-7)50-24-20(41)16(37)10(4-31)46-28(24)48-22-12(6-33)47-26(13(18(22)39)29-8(2)34)49-23-14(30-9(3)35)25(43)45-11(5-32)17(23)38/h7,10-28,31-33,36-43H,4-6H2,1-3H3,(H,29,34)(H,30,35)/t7-,10+,11+,12+,13+,14+,15+,16-,17-,18+,19+,20-,21-,22+,23+,24+,25?,26?,27?,28?/m0/s1. The lowest BCUT2D eigenvalue weighted by molar-refractivity contribution is -0.385. The Kier molecular flexibility index (Phi) is 14.2. The molecule has 4 fully saturated rings. The summed E-state index contributed by atoms with van der Waals surface area (Å²) in [5.74, 6) is -1.41. The van der Waals surface area contributed by atoms with Gasteiger partial charge in [-0.3, -0.25) is 9.59 Å². The van der Waals surface area contributed by atoms with Gasteiger partial charge in [0.15, 0.2) is 25.2 Å². The van der Waals surface area contributed by atoms with E-state index in [9.17, 15) is 65.8 Å². The molecule has 13 N–H and O–H groups in total. The Bertz CT molecular complexity index is 1130. The molecule has 50 heavy (non-hydrogen) atoms. The van der Waals surface area contributed by atoms with Gasteiger partial charge in [0.2, 0.25) is 11.8 Å². The highest BCUT2D eigenvalue weighted by molar-refractivity contribution is 5.73. The van der Waals surface area contributed by atoms with Crippen molar-refractivity contribution in [1.82, 2.24) is 10.6 Å². The van der Waals surface area contributed by atoms with Crippen LogP contribution in [0.5, 0.6) is 0 Å². The summed E-state index contributed by atoms with van der Waals surface area (Å²) >= 11 is 0. The van der Waals surface area contributed by atoms with E-state index in [0.717, 1.165) is 13.8 Å². The first-order chi connectivity index (χ1) is 23.5. The van der Waals surface area contributed by atoms with Crippen LogP contribution in [0.25, 0.3) is 0 Å². The van der Waals surface area contributed by atoms with Crippen LogP contribution in [-0.2, 0) is 42.7 Å². The SMILES string of the molecule is CC(=O)N[C@H]1C(O[C@H]2[C@@H](O)[C@@H](CO)OC(O)[C@@H]2NC(C)=O)O[C@H](CO)[C@@H](OC2O[C@H](CO)[C@H](O)[C@H](O)[C@H]2OC2O[C@@H](C)[C@@H](O)[C@@H](O)[C@@H]2O)[C@@H]1O. The lowest BCUT2D eigenvalue weighted by Crippen LogP contribution is -2.70. The van der Waals surface area contributed by atoms with E-state index >= 15 is 0 Å². The van der Waals surface area contributed by atoms with Gasteiger partial charge in [-0.15, -0.1) is 0 Å². The number of hydrogen-bond acceptors (Lipinski definition) is 20. The van der Waals surface area contributed by atoms with Gasteiger partial charge in [-0.25, -0.2) is 0 Å². The molecule has 22 nitrogen and oxygen atoms in total. The predicted molar refractivity (Wildman–Crippen MR) is 156 cm³/mol. The lowest BCUT2D eigenvalue weighted by Gasteiger charge is -2.50. The Hall–Kier alpha value is -1.78. The Morgan fingerprint density at radius 2 is 1.04 bits per heavy atom. The highest BCUT2D eigenvalue weighted by Crippen LogP contribution is 2.34. The van der Waals surface area contributed by atoms with Crippen molar-refractivity contribution in [2.75, 3.05) is 19.8 Å². The zero-order valence-electron chi connectivity index (χ0n) is 27.3. The molecular weight excluding hydrogens is 684 g/mol. The molecule has 4 saturated heterocycles. The number of aliphatic hydroxyl groups excluding tert-OH is 11. The summed E-state index contributed by atoms with van der Waals surface area (Å²) in [5, 5.41) is 120. The lowest BCUT2D eigenvalue weighted by atomic mass is 9.94. The maximum atomic E-state index is 12.3. The highest BCUT2D eigenvalue weighted by Gasteiger charge is 2.55. The molecule has 0 radical (unpaired) electrons. The Morgan fingerprint density at radius 3 is 1.62 bits per heavy atom. The summed E-state index contributed by atoms with van der Waals surface area (Å²) in [6, 6.07) is -3.05. The zero-order chi connectivity index (χ0) is 37.2. The van der Waals surface area contributed by atoms with Crippen LogP contribution in [0, 0.1) is 0 Å². The molecule has 4 aliphatic heterocycles. The van der Waals surface area contributed by atoms with Gasteiger partial charge in [0.1, 0.15) is 91.4 Å². The number of amides is 2. The molecule has 22 heteroatoms. The highest BCUT2D eigenvalue weighted by atomic mass is 16.8. The normalized spacial score (nSPS) is 48.5. The molecule has 290 valence electrons. The number of carbonyl (C=O) groups excluding carboxylic acids is 2. The average Bonchev–Trinajstić information content (AvgIpc) is 3.07. The third-order valence-electron chi connectivity index (χ3n) is 8.97. The average molecular weight is 733 g/mol. The van der Waals surface area contributed by atoms with E-state index < -0.39 is 154 Å². The Morgan fingerprint density at radius 1 is 0.520 bits per heavy atom. The van der Waals surface area contributed by atoms with Crippen molar-refractivity contribution in [1.29, 1.82) is 0 Å². The van der Waals surface area contributed by atoms with Crippen LogP contribution in [0.4, 0.5) is 0 Å². The van der Waals surface area contributed by atoms with Crippen molar-refractivity contribution < 1.29 is 98.9 Å². The van der Waals surface area contributed by atoms with Crippen molar-refractivity contribution in [2.45, 2.75) is 143 Å². The van der Waals surface area contributed by atoms with Gasteiger partial charge >= 0.3 is 0 Å². The van der Waals surface area contributed by atoms with Gasteiger partial charge in [-0.2, -0.15) is 0 Å². The Balaban J connectivity index is 1.62. The third kappa shape index (κ3) is 8.70. The molecule has 4 heterocycles. The number of nitrogens with one attached hydrogen (secondary N) is 2. The first kappa shape index (κ1) is 41.0. The van der Waals surface area contributed by atoms with Crippen LogP contribution in [0.15, 0.2) is 0 Å². The molecular formula is C28H48N2O20. The van der Waals surface area contributed by atoms with Gasteiger partial charge in [-0.05, 0) is 6.92 Å². The van der Waals surface area contributed by atoms with Crippen molar-refractivity contribution in [3.05, 3.63) is 0 Å². The fourth-order valence-corrected chi connectivity index (χ4v) is 6.28. The van der Waals surface area contributed by atoms with Gasteiger partial charge in [0.05, 0.1) is 25.9 Å². The van der Waals surface area contributed by atoms with Crippen molar-refractivity contribution >= 4 is 11.8 Å². The molecule has 4 unspecified atom stereocenters.